The SMILES string of the molecule is Cc1ncc(C(F)F)c(C#N)c1S(N)(=O)=O. The summed E-state index contributed by atoms with van der Waals surface area (Å²) in [5.74, 6) is 0. The number of hydrogen-bond acceptors (Lipinski definition) is 4. The lowest BCUT2D eigenvalue weighted by Crippen LogP contribution is -2.17. The Morgan fingerprint density at radius 2 is 2.12 bits per heavy atom. The number of rotatable bonds is 2. The van der Waals surface area contributed by atoms with Crippen LogP contribution >= 0.6 is 0 Å². The van der Waals surface area contributed by atoms with E-state index in [1.165, 1.54) is 13.0 Å². The van der Waals surface area contributed by atoms with E-state index in [0.29, 0.717) is 0 Å². The molecule has 2 N–H and O–H groups in total. The maximum atomic E-state index is 12.5. The molecule has 0 aliphatic carbocycles. The van der Waals surface area contributed by atoms with E-state index in [0.717, 1.165) is 6.20 Å². The van der Waals surface area contributed by atoms with Gasteiger partial charge in [-0.3, -0.25) is 4.98 Å². The van der Waals surface area contributed by atoms with Gasteiger partial charge >= 0.3 is 0 Å². The fourth-order valence-corrected chi connectivity index (χ4v) is 2.14. The lowest BCUT2D eigenvalue weighted by molar-refractivity contribution is 0.150. The van der Waals surface area contributed by atoms with Gasteiger partial charge in [-0.05, 0) is 6.92 Å². The van der Waals surface area contributed by atoms with Crippen molar-refractivity contribution >= 4 is 10.0 Å². The van der Waals surface area contributed by atoms with Gasteiger partial charge in [0.2, 0.25) is 10.0 Å². The number of pyridine rings is 1. The van der Waals surface area contributed by atoms with Crippen LogP contribution in [0.25, 0.3) is 0 Å². The van der Waals surface area contributed by atoms with Crippen LogP contribution < -0.4 is 5.14 Å². The van der Waals surface area contributed by atoms with Crippen LogP contribution in [-0.2, 0) is 10.0 Å². The molecular weight excluding hydrogens is 240 g/mol. The minimum Gasteiger partial charge on any atom is -0.260 e. The number of alkyl halides is 2. The average Bonchev–Trinajstić information content (AvgIpc) is 2.14. The number of hydrogen-bond donors (Lipinski definition) is 1. The van der Waals surface area contributed by atoms with Crippen LogP contribution in [0.4, 0.5) is 8.78 Å². The summed E-state index contributed by atoms with van der Waals surface area (Å²) in [5.41, 5.74) is -1.47. The highest BCUT2D eigenvalue weighted by atomic mass is 32.2. The largest absolute Gasteiger partial charge is 0.266 e. The second-order valence-corrected chi connectivity index (χ2v) is 4.46. The first kappa shape index (κ1) is 12.5. The molecular formula is C8H7F2N3O2S. The molecule has 1 aromatic rings. The van der Waals surface area contributed by atoms with Gasteiger partial charge < -0.3 is 0 Å². The van der Waals surface area contributed by atoms with Gasteiger partial charge in [0.05, 0.1) is 16.8 Å². The van der Waals surface area contributed by atoms with E-state index < -0.39 is 32.5 Å². The van der Waals surface area contributed by atoms with Crippen molar-refractivity contribution in [1.29, 1.82) is 5.26 Å². The van der Waals surface area contributed by atoms with Crippen LogP contribution in [0.2, 0.25) is 0 Å². The summed E-state index contributed by atoms with van der Waals surface area (Å²) in [6.45, 7) is 1.27. The fraction of sp³-hybridized carbons (Fsp3) is 0.250. The first-order chi connectivity index (χ1) is 7.29. The Labute approximate surface area is 90.6 Å². The number of sulfonamides is 1. The first-order valence-corrected chi connectivity index (χ1v) is 5.54. The Hall–Kier alpha value is -1.59. The molecule has 0 saturated carbocycles. The maximum Gasteiger partial charge on any atom is 0.266 e. The quantitative estimate of drug-likeness (QED) is 0.837. The summed E-state index contributed by atoms with van der Waals surface area (Å²) in [4.78, 5) is 2.84. The Bertz CT molecular complexity index is 563. The molecule has 0 bridgehead atoms. The minimum atomic E-state index is -4.25. The highest BCUT2D eigenvalue weighted by molar-refractivity contribution is 7.89. The second kappa shape index (κ2) is 4.11. The van der Waals surface area contributed by atoms with E-state index in [-0.39, 0.29) is 5.69 Å². The smallest absolute Gasteiger partial charge is 0.260 e. The lowest BCUT2D eigenvalue weighted by atomic mass is 10.1. The molecule has 86 valence electrons. The highest BCUT2D eigenvalue weighted by Crippen LogP contribution is 2.27. The van der Waals surface area contributed by atoms with Crippen LogP contribution in [0, 0.1) is 18.3 Å². The molecule has 0 saturated heterocycles. The van der Waals surface area contributed by atoms with Crippen molar-refractivity contribution in [3.63, 3.8) is 0 Å². The number of nitriles is 1. The van der Waals surface area contributed by atoms with Gasteiger partial charge in [-0.2, -0.15) is 5.26 Å². The molecule has 8 heteroatoms. The molecule has 1 heterocycles. The molecule has 0 atom stereocenters. The summed E-state index contributed by atoms with van der Waals surface area (Å²) < 4.78 is 47.3. The molecule has 0 spiro atoms. The summed E-state index contributed by atoms with van der Waals surface area (Å²) in [7, 11) is -4.25. The Morgan fingerprint density at radius 3 is 2.50 bits per heavy atom. The summed E-state index contributed by atoms with van der Waals surface area (Å²) in [6, 6.07) is 1.41. The maximum absolute atomic E-state index is 12.5. The predicted octanol–water partition coefficient (Wildman–Crippen LogP) is 0.847. The average molecular weight is 247 g/mol. The van der Waals surface area contributed by atoms with Crippen LogP contribution in [0.1, 0.15) is 23.2 Å². The van der Waals surface area contributed by atoms with E-state index in [1.54, 1.807) is 0 Å². The van der Waals surface area contributed by atoms with Gasteiger partial charge in [-0.15, -0.1) is 0 Å². The standard InChI is InChI=1S/C8H7F2N3O2S/c1-4-7(16(12,14)15)5(2-11)6(3-13-4)8(9)10/h3,8H,1H3,(H2,12,14,15). The van der Waals surface area contributed by atoms with Crippen molar-refractivity contribution in [2.45, 2.75) is 18.2 Å². The number of primary sulfonamides is 1. The monoisotopic (exact) mass is 247 g/mol. The Kier molecular flexibility index (Phi) is 3.21. The number of aryl methyl sites for hydroxylation is 1. The van der Waals surface area contributed by atoms with E-state index in [1.807, 2.05) is 0 Å². The van der Waals surface area contributed by atoms with E-state index >= 15 is 0 Å². The fourth-order valence-electron chi connectivity index (χ4n) is 1.23. The Morgan fingerprint density at radius 1 is 1.56 bits per heavy atom. The zero-order valence-corrected chi connectivity index (χ0v) is 8.92. The van der Waals surface area contributed by atoms with E-state index in [4.69, 9.17) is 10.4 Å². The molecule has 1 aromatic heterocycles. The molecule has 0 fully saturated rings. The zero-order valence-electron chi connectivity index (χ0n) is 8.11. The van der Waals surface area contributed by atoms with Gasteiger partial charge in [0.1, 0.15) is 11.0 Å². The van der Waals surface area contributed by atoms with Crippen molar-refractivity contribution in [1.82, 2.24) is 4.98 Å². The normalized spacial score (nSPS) is 11.5. The molecule has 0 aliphatic heterocycles. The van der Waals surface area contributed by atoms with E-state index in [9.17, 15) is 17.2 Å². The van der Waals surface area contributed by atoms with E-state index in [2.05, 4.69) is 4.98 Å². The van der Waals surface area contributed by atoms with Crippen molar-refractivity contribution in [2.24, 2.45) is 5.14 Å². The summed E-state index contributed by atoms with van der Waals surface area (Å²) in [5, 5.41) is 13.5. The number of nitrogens with two attached hydrogens (primary N) is 1. The predicted molar refractivity (Wildman–Crippen MR) is 50.0 cm³/mol. The third-order valence-corrected chi connectivity index (χ3v) is 2.94. The number of nitrogens with zero attached hydrogens (tertiary/aromatic N) is 2. The highest BCUT2D eigenvalue weighted by Gasteiger charge is 2.24. The molecule has 0 radical (unpaired) electrons. The molecule has 1 rings (SSSR count). The summed E-state index contributed by atoms with van der Waals surface area (Å²) >= 11 is 0. The van der Waals surface area contributed by atoms with Crippen molar-refractivity contribution in [2.75, 3.05) is 0 Å². The van der Waals surface area contributed by atoms with Crippen molar-refractivity contribution in [3.05, 3.63) is 23.0 Å². The first-order valence-electron chi connectivity index (χ1n) is 3.99. The molecule has 0 unspecified atom stereocenters. The van der Waals surface area contributed by atoms with Gasteiger partial charge in [0.15, 0.2) is 0 Å². The van der Waals surface area contributed by atoms with Gasteiger partial charge in [-0.1, -0.05) is 0 Å². The van der Waals surface area contributed by atoms with Crippen LogP contribution in [-0.4, -0.2) is 13.4 Å². The molecule has 16 heavy (non-hydrogen) atoms. The summed E-state index contributed by atoms with van der Waals surface area (Å²) in [6.07, 6.45) is -2.21. The van der Waals surface area contributed by atoms with Crippen LogP contribution in [0.15, 0.2) is 11.1 Å². The lowest BCUT2D eigenvalue weighted by Gasteiger charge is -2.08. The zero-order chi connectivity index (χ0) is 12.5. The van der Waals surface area contributed by atoms with Crippen molar-refractivity contribution < 1.29 is 17.2 Å². The van der Waals surface area contributed by atoms with Crippen LogP contribution in [0.3, 0.4) is 0 Å². The van der Waals surface area contributed by atoms with Gasteiger partial charge in [-0.25, -0.2) is 22.3 Å². The minimum absolute atomic E-state index is 0.0801. The second-order valence-electron chi connectivity index (χ2n) is 2.96. The molecule has 0 amide bonds. The van der Waals surface area contributed by atoms with Gasteiger partial charge in [0, 0.05) is 6.20 Å². The molecule has 0 aromatic carbocycles. The molecule has 0 aliphatic rings. The van der Waals surface area contributed by atoms with Crippen LogP contribution in [0.5, 0.6) is 0 Å². The Balaban J connectivity index is 3.74. The third kappa shape index (κ3) is 2.15. The van der Waals surface area contributed by atoms with Gasteiger partial charge in [0.25, 0.3) is 6.43 Å². The molecule has 5 nitrogen and oxygen atoms in total. The number of aromatic nitrogens is 1. The third-order valence-electron chi connectivity index (χ3n) is 1.87. The topological polar surface area (TPSA) is 96.8 Å². The van der Waals surface area contributed by atoms with Crippen molar-refractivity contribution in [3.8, 4) is 6.07 Å². The number of halogens is 2.